The fourth-order valence-electron chi connectivity index (χ4n) is 4.65. The first kappa shape index (κ1) is 14.8. The standard InChI is InChI=1S/C17H33N3/c1-14-3-2-4-15(11-14)12-19-8-7-17(13-19)20-9-5-16(18)6-10-20/h14-17H,2-13,18H2,1H3. The van der Waals surface area contributed by atoms with E-state index >= 15 is 0 Å². The molecule has 3 fully saturated rings. The van der Waals surface area contributed by atoms with Crippen molar-refractivity contribution in [3.05, 3.63) is 0 Å². The minimum Gasteiger partial charge on any atom is -0.328 e. The zero-order valence-electron chi connectivity index (χ0n) is 13.3. The van der Waals surface area contributed by atoms with Gasteiger partial charge in [0.1, 0.15) is 0 Å². The van der Waals surface area contributed by atoms with Crippen LogP contribution in [0.2, 0.25) is 0 Å². The molecule has 3 rings (SSSR count). The van der Waals surface area contributed by atoms with Gasteiger partial charge in [-0.15, -0.1) is 0 Å². The van der Waals surface area contributed by atoms with E-state index < -0.39 is 0 Å². The summed E-state index contributed by atoms with van der Waals surface area (Å²) < 4.78 is 0. The van der Waals surface area contributed by atoms with E-state index in [1.165, 1.54) is 77.7 Å². The molecule has 1 aliphatic carbocycles. The molecule has 3 unspecified atom stereocenters. The lowest BCUT2D eigenvalue weighted by Gasteiger charge is -2.35. The minimum absolute atomic E-state index is 0.465. The van der Waals surface area contributed by atoms with Gasteiger partial charge in [-0.25, -0.2) is 0 Å². The van der Waals surface area contributed by atoms with Crippen LogP contribution in [0.25, 0.3) is 0 Å². The smallest absolute Gasteiger partial charge is 0.0235 e. The molecule has 2 saturated heterocycles. The molecule has 2 N–H and O–H groups in total. The van der Waals surface area contributed by atoms with Crippen LogP contribution in [0.1, 0.15) is 51.9 Å². The van der Waals surface area contributed by atoms with Gasteiger partial charge in [-0.2, -0.15) is 0 Å². The fourth-order valence-corrected chi connectivity index (χ4v) is 4.65. The van der Waals surface area contributed by atoms with Gasteiger partial charge in [0.15, 0.2) is 0 Å². The predicted octanol–water partition coefficient (Wildman–Crippen LogP) is 2.31. The van der Waals surface area contributed by atoms with Gasteiger partial charge in [-0.3, -0.25) is 4.90 Å². The quantitative estimate of drug-likeness (QED) is 0.860. The van der Waals surface area contributed by atoms with E-state index in [1.54, 1.807) is 0 Å². The third-order valence-corrected chi connectivity index (χ3v) is 5.90. The Hall–Kier alpha value is -0.120. The number of hydrogen-bond donors (Lipinski definition) is 1. The zero-order valence-corrected chi connectivity index (χ0v) is 13.3. The number of hydrogen-bond acceptors (Lipinski definition) is 3. The summed E-state index contributed by atoms with van der Waals surface area (Å²) in [6.45, 7) is 8.93. The van der Waals surface area contributed by atoms with Crippen LogP contribution < -0.4 is 5.73 Å². The second-order valence-electron chi connectivity index (χ2n) is 7.71. The topological polar surface area (TPSA) is 32.5 Å². The number of rotatable bonds is 3. The minimum atomic E-state index is 0.465. The van der Waals surface area contributed by atoms with Crippen molar-refractivity contribution < 1.29 is 0 Å². The van der Waals surface area contributed by atoms with Crippen LogP contribution in [-0.2, 0) is 0 Å². The maximum absolute atomic E-state index is 6.02. The van der Waals surface area contributed by atoms with Gasteiger partial charge >= 0.3 is 0 Å². The number of nitrogens with zero attached hydrogens (tertiary/aromatic N) is 2. The molecule has 0 spiro atoms. The lowest BCUT2D eigenvalue weighted by Crippen LogP contribution is -2.46. The Bertz CT molecular complexity index is 299. The Morgan fingerprint density at radius 3 is 2.55 bits per heavy atom. The van der Waals surface area contributed by atoms with E-state index in [1.807, 2.05) is 0 Å². The molecular formula is C17H33N3. The Balaban J connectivity index is 1.42. The Morgan fingerprint density at radius 2 is 1.80 bits per heavy atom. The molecule has 3 atom stereocenters. The average molecular weight is 279 g/mol. The molecule has 3 heteroatoms. The van der Waals surface area contributed by atoms with Crippen molar-refractivity contribution in [3.8, 4) is 0 Å². The summed E-state index contributed by atoms with van der Waals surface area (Å²) in [7, 11) is 0. The molecule has 20 heavy (non-hydrogen) atoms. The summed E-state index contributed by atoms with van der Waals surface area (Å²) in [5, 5.41) is 0. The highest BCUT2D eigenvalue weighted by Crippen LogP contribution is 2.30. The number of likely N-dealkylation sites (tertiary alicyclic amines) is 2. The van der Waals surface area contributed by atoms with Gasteiger partial charge in [-0.1, -0.05) is 19.8 Å². The van der Waals surface area contributed by atoms with Crippen LogP contribution in [0.15, 0.2) is 0 Å². The Morgan fingerprint density at radius 1 is 1.00 bits per heavy atom. The summed E-state index contributed by atoms with van der Waals surface area (Å²) in [5.41, 5.74) is 6.02. The van der Waals surface area contributed by atoms with E-state index in [2.05, 4.69) is 16.7 Å². The largest absolute Gasteiger partial charge is 0.328 e. The predicted molar refractivity (Wildman–Crippen MR) is 84.7 cm³/mol. The van der Waals surface area contributed by atoms with E-state index in [-0.39, 0.29) is 0 Å². The van der Waals surface area contributed by atoms with Crippen LogP contribution in [0.5, 0.6) is 0 Å². The molecule has 3 aliphatic rings. The first-order valence-electron chi connectivity index (χ1n) is 8.92. The second-order valence-corrected chi connectivity index (χ2v) is 7.71. The van der Waals surface area contributed by atoms with Crippen molar-refractivity contribution in [2.45, 2.75) is 64.0 Å². The van der Waals surface area contributed by atoms with Crippen molar-refractivity contribution in [3.63, 3.8) is 0 Å². The molecule has 0 radical (unpaired) electrons. The van der Waals surface area contributed by atoms with Crippen molar-refractivity contribution in [2.24, 2.45) is 17.6 Å². The molecule has 0 amide bonds. The van der Waals surface area contributed by atoms with Gasteiger partial charge in [0.05, 0.1) is 0 Å². The maximum atomic E-state index is 6.02. The molecule has 3 nitrogen and oxygen atoms in total. The third kappa shape index (κ3) is 3.75. The van der Waals surface area contributed by atoms with Crippen molar-refractivity contribution in [1.82, 2.24) is 9.80 Å². The van der Waals surface area contributed by atoms with Gasteiger partial charge in [0.25, 0.3) is 0 Å². The molecule has 116 valence electrons. The van der Waals surface area contributed by atoms with Crippen molar-refractivity contribution in [1.29, 1.82) is 0 Å². The highest BCUT2D eigenvalue weighted by Gasteiger charge is 2.31. The van der Waals surface area contributed by atoms with Crippen LogP contribution >= 0.6 is 0 Å². The molecular weight excluding hydrogens is 246 g/mol. The van der Waals surface area contributed by atoms with Crippen LogP contribution in [0.4, 0.5) is 0 Å². The van der Waals surface area contributed by atoms with E-state index in [4.69, 9.17) is 5.73 Å². The van der Waals surface area contributed by atoms with Gasteiger partial charge < -0.3 is 10.6 Å². The van der Waals surface area contributed by atoms with Crippen LogP contribution in [0, 0.1) is 11.8 Å². The van der Waals surface area contributed by atoms with E-state index in [0.717, 1.165) is 17.9 Å². The zero-order chi connectivity index (χ0) is 13.9. The second kappa shape index (κ2) is 6.76. The molecule has 0 bridgehead atoms. The lowest BCUT2D eigenvalue weighted by atomic mass is 9.82. The summed E-state index contributed by atoms with van der Waals surface area (Å²) in [6, 6.07) is 1.29. The van der Waals surface area contributed by atoms with Crippen molar-refractivity contribution in [2.75, 3.05) is 32.7 Å². The molecule has 1 saturated carbocycles. The van der Waals surface area contributed by atoms with E-state index in [9.17, 15) is 0 Å². The van der Waals surface area contributed by atoms with Crippen LogP contribution in [0.3, 0.4) is 0 Å². The highest BCUT2D eigenvalue weighted by molar-refractivity contribution is 4.88. The Kier molecular flexibility index (Phi) is 5.00. The summed E-state index contributed by atoms with van der Waals surface area (Å²) >= 11 is 0. The monoisotopic (exact) mass is 279 g/mol. The summed E-state index contributed by atoms with van der Waals surface area (Å²) in [6.07, 6.45) is 9.68. The van der Waals surface area contributed by atoms with Crippen molar-refractivity contribution >= 4 is 0 Å². The molecule has 2 aliphatic heterocycles. The summed E-state index contributed by atoms with van der Waals surface area (Å²) in [5.74, 6) is 1.95. The van der Waals surface area contributed by atoms with Crippen LogP contribution in [-0.4, -0.2) is 54.6 Å². The number of nitrogens with two attached hydrogens (primary N) is 1. The van der Waals surface area contributed by atoms with Gasteiger partial charge in [0, 0.05) is 25.2 Å². The summed E-state index contributed by atoms with van der Waals surface area (Å²) in [4.78, 5) is 5.47. The molecule has 0 aromatic heterocycles. The third-order valence-electron chi connectivity index (χ3n) is 5.90. The first-order chi connectivity index (χ1) is 9.70. The molecule has 0 aromatic rings. The lowest BCUT2D eigenvalue weighted by molar-refractivity contribution is 0.144. The van der Waals surface area contributed by atoms with Gasteiger partial charge in [-0.05, 0) is 63.6 Å². The normalized spacial score (nSPS) is 38.4. The average Bonchev–Trinajstić information content (AvgIpc) is 2.88. The fraction of sp³-hybridized carbons (Fsp3) is 1.00. The number of piperidine rings is 1. The van der Waals surface area contributed by atoms with Gasteiger partial charge in [0.2, 0.25) is 0 Å². The molecule has 2 heterocycles. The Labute approximate surface area is 124 Å². The highest BCUT2D eigenvalue weighted by atomic mass is 15.3. The van der Waals surface area contributed by atoms with E-state index in [0.29, 0.717) is 6.04 Å². The SMILES string of the molecule is CC1CCCC(CN2CCC(N3CCC(N)CC3)C2)C1. The first-order valence-corrected chi connectivity index (χ1v) is 8.92. The molecule has 0 aromatic carbocycles. The maximum Gasteiger partial charge on any atom is 0.0235 e.